The van der Waals surface area contributed by atoms with Crippen LogP contribution in [0.1, 0.15) is 43.0 Å². The molecule has 6 heteroatoms. The van der Waals surface area contributed by atoms with Crippen LogP contribution >= 0.6 is 0 Å². The number of nitrogens with zero attached hydrogens (tertiary/aromatic N) is 1. The summed E-state index contributed by atoms with van der Waals surface area (Å²) in [4.78, 5) is 22.7. The Bertz CT molecular complexity index is 530. The van der Waals surface area contributed by atoms with Crippen molar-refractivity contribution in [1.29, 1.82) is 0 Å². The topological polar surface area (TPSA) is 98.3 Å². The highest BCUT2D eigenvalue weighted by Crippen LogP contribution is 2.26. The average Bonchev–Trinajstić information content (AvgIpc) is 2.40. The highest BCUT2D eigenvalue weighted by atomic mass is 16.6. The number of hydrogen-bond acceptors (Lipinski definition) is 4. The first-order valence-electron chi connectivity index (χ1n) is 6.84. The zero-order valence-corrected chi connectivity index (χ0v) is 11.5. The van der Waals surface area contributed by atoms with Gasteiger partial charge >= 0.3 is 0 Å². The van der Waals surface area contributed by atoms with E-state index in [2.05, 4.69) is 12.2 Å². The van der Waals surface area contributed by atoms with Gasteiger partial charge in [-0.15, -0.1) is 0 Å². The molecule has 0 spiro atoms. The van der Waals surface area contributed by atoms with Crippen molar-refractivity contribution in [1.82, 2.24) is 5.32 Å². The minimum atomic E-state index is -0.557. The quantitative estimate of drug-likeness (QED) is 0.503. The molecule has 1 aromatic carbocycles. The van der Waals surface area contributed by atoms with Crippen LogP contribution in [0.25, 0.3) is 0 Å². The molecule has 1 fully saturated rings. The van der Waals surface area contributed by atoms with Crippen LogP contribution in [0.5, 0.6) is 0 Å². The summed E-state index contributed by atoms with van der Waals surface area (Å²) in [6, 6.07) is 4.14. The monoisotopic (exact) mass is 277 g/mol. The number of hydrogen-bond donors (Lipinski definition) is 2. The fraction of sp³-hybridized carbons (Fsp3) is 0.500. The number of amides is 1. The van der Waals surface area contributed by atoms with E-state index in [0.29, 0.717) is 11.6 Å². The smallest absolute Gasteiger partial charge is 0.282 e. The van der Waals surface area contributed by atoms with E-state index in [0.717, 1.165) is 19.3 Å². The first kappa shape index (κ1) is 14.3. The number of carbonyl (C=O) groups is 1. The van der Waals surface area contributed by atoms with E-state index in [-0.39, 0.29) is 17.3 Å². The molecule has 0 radical (unpaired) electrons. The van der Waals surface area contributed by atoms with Gasteiger partial charge in [-0.05, 0) is 30.9 Å². The van der Waals surface area contributed by atoms with Crippen molar-refractivity contribution in [3.8, 4) is 0 Å². The summed E-state index contributed by atoms with van der Waals surface area (Å²) in [6.07, 6.45) is 4.24. The van der Waals surface area contributed by atoms with E-state index in [1.54, 1.807) is 0 Å². The van der Waals surface area contributed by atoms with Gasteiger partial charge in [0.05, 0.1) is 4.92 Å². The van der Waals surface area contributed by atoms with Crippen molar-refractivity contribution in [2.24, 2.45) is 5.92 Å². The number of nitro benzene ring substituents is 1. The number of carbonyl (C=O) groups excluding carboxylic acids is 1. The van der Waals surface area contributed by atoms with Gasteiger partial charge in [-0.3, -0.25) is 14.9 Å². The fourth-order valence-corrected chi connectivity index (χ4v) is 2.67. The Morgan fingerprint density at radius 1 is 1.40 bits per heavy atom. The Morgan fingerprint density at radius 2 is 2.10 bits per heavy atom. The lowest BCUT2D eigenvalue weighted by molar-refractivity contribution is -0.385. The van der Waals surface area contributed by atoms with Gasteiger partial charge < -0.3 is 11.1 Å². The molecule has 2 atom stereocenters. The summed E-state index contributed by atoms with van der Waals surface area (Å²) in [7, 11) is 0. The van der Waals surface area contributed by atoms with Gasteiger partial charge in [-0.25, -0.2) is 0 Å². The molecule has 108 valence electrons. The maximum atomic E-state index is 12.3. The third kappa shape index (κ3) is 3.07. The largest absolute Gasteiger partial charge is 0.399 e. The van der Waals surface area contributed by atoms with Gasteiger partial charge in [0.2, 0.25) is 0 Å². The molecular formula is C14H19N3O3. The number of benzene rings is 1. The van der Waals surface area contributed by atoms with E-state index >= 15 is 0 Å². The second kappa shape index (κ2) is 5.90. The molecular weight excluding hydrogens is 258 g/mol. The number of nitrogens with two attached hydrogens (primary N) is 1. The van der Waals surface area contributed by atoms with Crippen LogP contribution in [0.3, 0.4) is 0 Å². The zero-order valence-electron chi connectivity index (χ0n) is 11.5. The van der Waals surface area contributed by atoms with Crippen LogP contribution < -0.4 is 11.1 Å². The lowest BCUT2D eigenvalue weighted by Gasteiger charge is -2.29. The van der Waals surface area contributed by atoms with Crippen molar-refractivity contribution < 1.29 is 9.72 Å². The highest BCUT2D eigenvalue weighted by molar-refractivity contribution is 5.99. The number of nitrogen functional groups attached to an aromatic ring is 1. The minimum Gasteiger partial charge on any atom is -0.399 e. The van der Waals surface area contributed by atoms with Crippen LogP contribution in [-0.4, -0.2) is 16.9 Å². The Labute approximate surface area is 117 Å². The molecule has 2 rings (SSSR count). The predicted molar refractivity (Wildman–Crippen MR) is 76.4 cm³/mol. The first-order valence-corrected chi connectivity index (χ1v) is 6.84. The highest BCUT2D eigenvalue weighted by Gasteiger charge is 2.26. The van der Waals surface area contributed by atoms with E-state index in [1.807, 2.05) is 0 Å². The molecule has 1 aliphatic carbocycles. The molecule has 0 aliphatic heterocycles. The molecule has 0 bridgehead atoms. The van der Waals surface area contributed by atoms with Crippen LogP contribution in [0.2, 0.25) is 0 Å². The Kier molecular flexibility index (Phi) is 4.22. The van der Waals surface area contributed by atoms with Crippen molar-refractivity contribution in [2.75, 3.05) is 5.73 Å². The fourth-order valence-electron chi connectivity index (χ4n) is 2.67. The van der Waals surface area contributed by atoms with Crippen molar-refractivity contribution in [3.05, 3.63) is 33.9 Å². The predicted octanol–water partition coefficient (Wildman–Crippen LogP) is 2.49. The normalized spacial score (nSPS) is 22.2. The second-order valence-electron chi connectivity index (χ2n) is 5.38. The lowest BCUT2D eigenvalue weighted by atomic mass is 9.86. The molecule has 0 saturated heterocycles. The first-order chi connectivity index (χ1) is 9.49. The number of nitro groups is 1. The number of anilines is 1. The Morgan fingerprint density at radius 3 is 2.75 bits per heavy atom. The van der Waals surface area contributed by atoms with E-state index in [4.69, 9.17) is 5.73 Å². The lowest BCUT2D eigenvalue weighted by Crippen LogP contribution is -2.41. The van der Waals surface area contributed by atoms with Gasteiger partial charge in [0.25, 0.3) is 11.6 Å². The summed E-state index contributed by atoms with van der Waals surface area (Å²) >= 11 is 0. The molecule has 3 N–H and O–H groups in total. The number of rotatable bonds is 3. The average molecular weight is 277 g/mol. The Balaban J connectivity index is 2.20. The standard InChI is InChI=1S/C14H19N3O3/c1-9-4-2-3-5-12(9)16-14(18)11-8-10(15)6-7-13(11)17(19)20/h6-9,12H,2-5,15H2,1H3,(H,16,18). The summed E-state index contributed by atoms with van der Waals surface area (Å²) < 4.78 is 0. The second-order valence-corrected chi connectivity index (χ2v) is 5.38. The molecule has 1 amide bonds. The molecule has 1 saturated carbocycles. The summed E-state index contributed by atoms with van der Waals surface area (Å²) in [5.74, 6) is -0.0180. The van der Waals surface area contributed by atoms with Crippen molar-refractivity contribution in [3.63, 3.8) is 0 Å². The molecule has 6 nitrogen and oxygen atoms in total. The van der Waals surface area contributed by atoms with Gasteiger partial charge in [0.1, 0.15) is 5.56 Å². The van der Waals surface area contributed by atoms with Crippen LogP contribution in [-0.2, 0) is 0 Å². The van der Waals surface area contributed by atoms with Crippen LogP contribution in [0.4, 0.5) is 11.4 Å². The zero-order chi connectivity index (χ0) is 14.7. The molecule has 2 unspecified atom stereocenters. The molecule has 20 heavy (non-hydrogen) atoms. The molecule has 1 aliphatic rings. The van der Waals surface area contributed by atoms with E-state index in [1.165, 1.54) is 24.6 Å². The van der Waals surface area contributed by atoms with Crippen LogP contribution in [0, 0.1) is 16.0 Å². The summed E-state index contributed by atoms with van der Waals surface area (Å²) in [5.41, 5.74) is 5.79. The Hall–Kier alpha value is -2.11. The van der Waals surface area contributed by atoms with Crippen molar-refractivity contribution >= 4 is 17.3 Å². The molecule has 0 aromatic heterocycles. The van der Waals surface area contributed by atoms with E-state index in [9.17, 15) is 14.9 Å². The molecule has 0 heterocycles. The van der Waals surface area contributed by atoms with Crippen LogP contribution in [0.15, 0.2) is 18.2 Å². The van der Waals surface area contributed by atoms with Gasteiger partial charge in [0, 0.05) is 17.8 Å². The van der Waals surface area contributed by atoms with E-state index < -0.39 is 10.8 Å². The minimum absolute atomic E-state index is 0.0350. The summed E-state index contributed by atoms with van der Waals surface area (Å²) in [5, 5.41) is 13.9. The third-order valence-corrected chi connectivity index (χ3v) is 3.89. The third-order valence-electron chi connectivity index (χ3n) is 3.89. The van der Waals surface area contributed by atoms with Crippen molar-refractivity contribution in [2.45, 2.75) is 38.6 Å². The van der Waals surface area contributed by atoms with Gasteiger partial charge in [0.15, 0.2) is 0 Å². The number of nitrogens with one attached hydrogen (secondary N) is 1. The maximum absolute atomic E-state index is 12.3. The SMILES string of the molecule is CC1CCCCC1NC(=O)c1cc(N)ccc1[N+](=O)[O-]. The maximum Gasteiger partial charge on any atom is 0.282 e. The van der Waals surface area contributed by atoms with Gasteiger partial charge in [-0.2, -0.15) is 0 Å². The van der Waals surface area contributed by atoms with Gasteiger partial charge in [-0.1, -0.05) is 19.8 Å². The summed E-state index contributed by atoms with van der Waals surface area (Å²) in [6.45, 7) is 2.10. The molecule has 1 aromatic rings.